The van der Waals surface area contributed by atoms with Crippen LogP contribution in [0.5, 0.6) is 0 Å². The molecule has 0 bridgehead atoms. The summed E-state index contributed by atoms with van der Waals surface area (Å²) in [6.45, 7) is 1.48. The molecule has 0 aliphatic carbocycles. The molecular weight excluding hydrogens is 246 g/mol. The second kappa shape index (κ2) is 5.20. The SMILES string of the molecule is c1c[nH]c(-c2cnc(CNCc3ccco3)s2)c1. The first-order valence-electron chi connectivity index (χ1n) is 5.73. The van der Waals surface area contributed by atoms with Crippen LogP contribution in [0.25, 0.3) is 10.6 Å². The van der Waals surface area contributed by atoms with Gasteiger partial charge in [0.05, 0.1) is 23.4 Å². The maximum Gasteiger partial charge on any atom is 0.117 e. The van der Waals surface area contributed by atoms with E-state index in [0.717, 1.165) is 34.4 Å². The van der Waals surface area contributed by atoms with Crippen molar-refractivity contribution in [1.29, 1.82) is 0 Å². The van der Waals surface area contributed by atoms with Crippen LogP contribution in [-0.2, 0) is 13.1 Å². The molecule has 0 fully saturated rings. The van der Waals surface area contributed by atoms with Crippen LogP contribution in [0.4, 0.5) is 0 Å². The van der Waals surface area contributed by atoms with E-state index in [0.29, 0.717) is 0 Å². The highest BCUT2D eigenvalue weighted by molar-refractivity contribution is 7.15. The number of hydrogen-bond acceptors (Lipinski definition) is 4. The molecule has 0 radical (unpaired) electrons. The predicted molar refractivity (Wildman–Crippen MR) is 71.2 cm³/mol. The zero-order valence-electron chi connectivity index (χ0n) is 9.72. The minimum atomic E-state index is 0.727. The molecule has 3 rings (SSSR count). The largest absolute Gasteiger partial charge is 0.468 e. The Balaban J connectivity index is 1.57. The van der Waals surface area contributed by atoms with Gasteiger partial charge in [-0.1, -0.05) is 0 Å². The average Bonchev–Trinajstić information content (AvgIpc) is 3.12. The molecule has 0 aromatic carbocycles. The number of aromatic nitrogens is 2. The maximum atomic E-state index is 5.25. The van der Waals surface area contributed by atoms with Crippen LogP contribution < -0.4 is 5.32 Å². The third-order valence-corrected chi connectivity index (χ3v) is 3.60. The molecule has 3 aromatic heterocycles. The second-order valence-corrected chi connectivity index (χ2v) is 5.00. The Hall–Kier alpha value is -1.85. The van der Waals surface area contributed by atoms with Gasteiger partial charge in [-0.3, -0.25) is 0 Å². The van der Waals surface area contributed by atoms with Crippen LogP contribution in [0.1, 0.15) is 10.8 Å². The summed E-state index contributed by atoms with van der Waals surface area (Å²) < 4.78 is 5.25. The summed E-state index contributed by atoms with van der Waals surface area (Å²) >= 11 is 1.69. The summed E-state index contributed by atoms with van der Waals surface area (Å²) in [5.41, 5.74) is 1.12. The van der Waals surface area contributed by atoms with Crippen molar-refractivity contribution in [3.63, 3.8) is 0 Å². The summed E-state index contributed by atoms with van der Waals surface area (Å²) in [5.74, 6) is 0.941. The molecular formula is C13H13N3OS. The number of nitrogens with zero attached hydrogens (tertiary/aromatic N) is 1. The fourth-order valence-electron chi connectivity index (χ4n) is 1.71. The van der Waals surface area contributed by atoms with Crippen molar-refractivity contribution in [2.45, 2.75) is 13.1 Å². The van der Waals surface area contributed by atoms with Crippen molar-refractivity contribution in [2.75, 3.05) is 0 Å². The van der Waals surface area contributed by atoms with E-state index in [1.54, 1.807) is 17.6 Å². The highest BCUT2D eigenvalue weighted by atomic mass is 32.1. The fraction of sp³-hybridized carbons (Fsp3) is 0.154. The number of hydrogen-bond donors (Lipinski definition) is 2. The first kappa shape index (κ1) is 11.3. The third-order valence-electron chi connectivity index (χ3n) is 2.57. The van der Waals surface area contributed by atoms with Crippen LogP contribution in [0, 0.1) is 0 Å². The van der Waals surface area contributed by atoms with Gasteiger partial charge in [0, 0.05) is 18.9 Å². The van der Waals surface area contributed by atoms with Gasteiger partial charge < -0.3 is 14.7 Å². The quantitative estimate of drug-likeness (QED) is 0.740. The Labute approximate surface area is 109 Å². The lowest BCUT2D eigenvalue weighted by Crippen LogP contribution is -2.11. The van der Waals surface area contributed by atoms with Crippen molar-refractivity contribution in [1.82, 2.24) is 15.3 Å². The normalized spacial score (nSPS) is 10.9. The maximum absolute atomic E-state index is 5.25. The zero-order chi connectivity index (χ0) is 12.2. The molecule has 0 saturated heterocycles. The minimum absolute atomic E-state index is 0.727. The van der Waals surface area contributed by atoms with E-state index in [9.17, 15) is 0 Å². The van der Waals surface area contributed by atoms with Crippen molar-refractivity contribution in [3.05, 3.63) is 53.7 Å². The van der Waals surface area contributed by atoms with Crippen LogP contribution in [-0.4, -0.2) is 9.97 Å². The van der Waals surface area contributed by atoms with E-state index in [1.165, 1.54) is 0 Å². The molecule has 0 aliphatic rings. The summed E-state index contributed by atoms with van der Waals surface area (Å²) in [5, 5.41) is 4.38. The Morgan fingerprint density at radius 1 is 1.28 bits per heavy atom. The molecule has 92 valence electrons. The van der Waals surface area contributed by atoms with E-state index in [2.05, 4.69) is 15.3 Å². The number of furan rings is 1. The van der Waals surface area contributed by atoms with E-state index < -0.39 is 0 Å². The van der Waals surface area contributed by atoms with Gasteiger partial charge in [0.2, 0.25) is 0 Å². The molecule has 0 amide bonds. The molecule has 2 N–H and O–H groups in total. The number of aromatic amines is 1. The van der Waals surface area contributed by atoms with Crippen molar-refractivity contribution >= 4 is 11.3 Å². The molecule has 0 saturated carbocycles. The molecule has 18 heavy (non-hydrogen) atoms. The first-order chi connectivity index (χ1) is 8.92. The van der Waals surface area contributed by atoms with E-state index >= 15 is 0 Å². The summed E-state index contributed by atoms with van der Waals surface area (Å²) in [6.07, 6.45) is 5.51. The van der Waals surface area contributed by atoms with Gasteiger partial charge in [-0.15, -0.1) is 11.3 Å². The molecule has 0 atom stereocenters. The summed E-state index contributed by atoms with van der Waals surface area (Å²) in [4.78, 5) is 8.74. The van der Waals surface area contributed by atoms with Gasteiger partial charge in [0.25, 0.3) is 0 Å². The van der Waals surface area contributed by atoms with Gasteiger partial charge >= 0.3 is 0 Å². The summed E-state index contributed by atoms with van der Waals surface area (Å²) in [6, 6.07) is 7.89. The van der Waals surface area contributed by atoms with Crippen LogP contribution in [0.2, 0.25) is 0 Å². The standard InChI is InChI=1S/C13H13N3OS/c1-4-11(15-5-1)12-8-16-13(18-12)9-14-7-10-3-2-6-17-10/h1-6,8,14-15H,7,9H2. The van der Waals surface area contributed by atoms with Crippen molar-refractivity contribution in [3.8, 4) is 10.6 Å². The number of H-pyrrole nitrogens is 1. The van der Waals surface area contributed by atoms with Gasteiger partial charge in [-0.25, -0.2) is 4.98 Å². The van der Waals surface area contributed by atoms with Gasteiger partial charge in [-0.2, -0.15) is 0 Å². The highest BCUT2D eigenvalue weighted by Gasteiger charge is 2.04. The molecule has 0 spiro atoms. The van der Waals surface area contributed by atoms with E-state index in [4.69, 9.17) is 4.42 Å². The zero-order valence-corrected chi connectivity index (χ0v) is 10.5. The van der Waals surface area contributed by atoms with Gasteiger partial charge in [-0.05, 0) is 24.3 Å². The number of nitrogens with one attached hydrogen (secondary N) is 2. The lowest BCUT2D eigenvalue weighted by Gasteiger charge is -1.98. The minimum Gasteiger partial charge on any atom is -0.468 e. The predicted octanol–water partition coefficient (Wildman–Crippen LogP) is 3.02. The topological polar surface area (TPSA) is 53.9 Å². The first-order valence-corrected chi connectivity index (χ1v) is 6.55. The molecule has 4 nitrogen and oxygen atoms in total. The third kappa shape index (κ3) is 2.52. The van der Waals surface area contributed by atoms with Crippen LogP contribution in [0.3, 0.4) is 0 Å². The Bertz CT molecular complexity index is 584. The van der Waals surface area contributed by atoms with Crippen molar-refractivity contribution in [2.24, 2.45) is 0 Å². The van der Waals surface area contributed by atoms with Gasteiger partial charge in [0.15, 0.2) is 0 Å². The Morgan fingerprint density at radius 2 is 2.28 bits per heavy atom. The van der Waals surface area contributed by atoms with Crippen LogP contribution >= 0.6 is 11.3 Å². The molecule has 0 unspecified atom stereocenters. The number of rotatable bonds is 5. The summed E-state index contributed by atoms with van der Waals surface area (Å²) in [7, 11) is 0. The molecule has 3 aromatic rings. The smallest absolute Gasteiger partial charge is 0.117 e. The van der Waals surface area contributed by atoms with Crippen molar-refractivity contribution < 1.29 is 4.42 Å². The molecule has 0 aliphatic heterocycles. The van der Waals surface area contributed by atoms with Gasteiger partial charge in [0.1, 0.15) is 10.8 Å². The van der Waals surface area contributed by atoms with Crippen LogP contribution in [0.15, 0.2) is 47.3 Å². The average molecular weight is 259 g/mol. The Kier molecular flexibility index (Phi) is 3.25. The fourth-order valence-corrected chi connectivity index (χ4v) is 2.58. The second-order valence-electron chi connectivity index (χ2n) is 3.88. The molecule has 5 heteroatoms. The monoisotopic (exact) mass is 259 g/mol. The number of thiazole rings is 1. The van der Waals surface area contributed by atoms with E-state index in [1.807, 2.05) is 36.7 Å². The lowest BCUT2D eigenvalue weighted by atomic mass is 10.4. The molecule has 3 heterocycles. The lowest BCUT2D eigenvalue weighted by molar-refractivity contribution is 0.483. The van der Waals surface area contributed by atoms with E-state index in [-0.39, 0.29) is 0 Å². The Morgan fingerprint density at radius 3 is 3.06 bits per heavy atom. The highest BCUT2D eigenvalue weighted by Crippen LogP contribution is 2.24.